The first-order valence-electron chi connectivity index (χ1n) is 12.8. The molecule has 5 nitrogen and oxygen atoms in total. The van der Waals surface area contributed by atoms with Crippen molar-refractivity contribution < 1.29 is 4.79 Å². The quantitative estimate of drug-likeness (QED) is 0.630. The van der Waals surface area contributed by atoms with E-state index in [0.717, 1.165) is 25.1 Å². The van der Waals surface area contributed by atoms with E-state index >= 15 is 0 Å². The fourth-order valence-electron chi connectivity index (χ4n) is 6.92. The molecule has 4 aliphatic rings. The van der Waals surface area contributed by atoms with Gasteiger partial charge in [0.05, 0.1) is 5.41 Å². The van der Waals surface area contributed by atoms with E-state index in [-0.39, 0.29) is 11.3 Å². The number of carbonyl (C=O) groups is 1. The Morgan fingerprint density at radius 2 is 1.91 bits per heavy atom. The molecule has 5 heteroatoms. The van der Waals surface area contributed by atoms with Crippen LogP contribution in [0.4, 0.5) is 5.69 Å². The summed E-state index contributed by atoms with van der Waals surface area (Å²) in [6.45, 7) is 3.09. The Balaban J connectivity index is 1.10. The smallest absolute Gasteiger partial charge is 0.235 e. The molecule has 6 atom stereocenters. The number of hydrogen-bond donors (Lipinski definition) is 3. The zero-order chi connectivity index (χ0) is 23.4. The van der Waals surface area contributed by atoms with Crippen molar-refractivity contribution in [3.8, 4) is 0 Å². The molecule has 34 heavy (non-hydrogen) atoms. The molecule has 6 rings (SSSR count). The van der Waals surface area contributed by atoms with Gasteiger partial charge in [-0.05, 0) is 87.2 Å². The number of hydrazine groups is 1. The minimum Gasteiger partial charge on any atom is -0.325 e. The molecule has 2 aromatic rings. The summed E-state index contributed by atoms with van der Waals surface area (Å²) in [4.78, 5) is 15.2. The first kappa shape index (κ1) is 22.0. The largest absolute Gasteiger partial charge is 0.325 e. The molecule has 2 saturated carbocycles. The molecule has 1 amide bonds. The minimum absolute atomic E-state index is 0.232. The molecular formula is C29H36N4O. The number of amides is 1. The summed E-state index contributed by atoms with van der Waals surface area (Å²) in [5.74, 6) is 1.94. The Morgan fingerprint density at radius 3 is 2.71 bits per heavy atom. The SMILES string of the molecule is Cc1ccc2c(c1)[C@]1(C[C@H]1C1CCC3C(/C=C/c4ccc(CN(C)C)cc4)NNC3C1)C(=O)N2. The molecule has 3 N–H and O–H groups in total. The van der Waals surface area contributed by atoms with Crippen molar-refractivity contribution in [1.82, 2.24) is 15.8 Å². The molecule has 3 fully saturated rings. The summed E-state index contributed by atoms with van der Waals surface area (Å²) in [7, 11) is 4.20. The molecular weight excluding hydrogens is 420 g/mol. The first-order valence-corrected chi connectivity index (χ1v) is 12.8. The Bertz CT molecular complexity index is 1120. The number of aryl methyl sites for hydroxylation is 1. The second kappa shape index (κ2) is 8.33. The number of carbonyl (C=O) groups excluding carboxylic acids is 1. The third kappa shape index (κ3) is 3.71. The van der Waals surface area contributed by atoms with Gasteiger partial charge in [0.25, 0.3) is 0 Å². The lowest BCUT2D eigenvalue weighted by molar-refractivity contribution is -0.118. The molecule has 0 radical (unpaired) electrons. The zero-order valence-corrected chi connectivity index (χ0v) is 20.5. The minimum atomic E-state index is -0.261. The highest BCUT2D eigenvalue weighted by molar-refractivity contribution is 6.09. The number of benzene rings is 2. The molecule has 2 aromatic carbocycles. The summed E-state index contributed by atoms with van der Waals surface area (Å²) in [5.41, 5.74) is 13.0. The van der Waals surface area contributed by atoms with Gasteiger partial charge < -0.3 is 10.2 Å². The van der Waals surface area contributed by atoms with Crippen LogP contribution in [0, 0.1) is 24.7 Å². The topological polar surface area (TPSA) is 56.4 Å². The van der Waals surface area contributed by atoms with Crippen molar-refractivity contribution >= 4 is 17.7 Å². The van der Waals surface area contributed by atoms with E-state index in [1.165, 1.54) is 35.1 Å². The first-order chi connectivity index (χ1) is 16.4. The summed E-state index contributed by atoms with van der Waals surface area (Å²) < 4.78 is 0. The molecule has 1 spiro atoms. The summed E-state index contributed by atoms with van der Waals surface area (Å²) in [6, 6.07) is 16.1. The maximum Gasteiger partial charge on any atom is 0.235 e. The lowest BCUT2D eigenvalue weighted by atomic mass is 9.73. The number of nitrogens with one attached hydrogen (secondary N) is 3. The van der Waals surface area contributed by atoms with Crippen LogP contribution in [0.2, 0.25) is 0 Å². The van der Waals surface area contributed by atoms with Gasteiger partial charge in [-0.3, -0.25) is 15.6 Å². The van der Waals surface area contributed by atoms with Crippen molar-refractivity contribution in [2.45, 2.75) is 56.7 Å². The van der Waals surface area contributed by atoms with Gasteiger partial charge in [0.15, 0.2) is 0 Å². The fourth-order valence-corrected chi connectivity index (χ4v) is 6.92. The second-order valence-corrected chi connectivity index (χ2v) is 11.3. The highest BCUT2D eigenvalue weighted by atomic mass is 16.2. The van der Waals surface area contributed by atoms with Crippen LogP contribution in [-0.2, 0) is 16.8 Å². The summed E-state index contributed by atoms with van der Waals surface area (Å²) >= 11 is 0. The van der Waals surface area contributed by atoms with Crippen molar-refractivity contribution in [2.24, 2.45) is 17.8 Å². The predicted molar refractivity (Wildman–Crippen MR) is 137 cm³/mol. The lowest BCUT2D eigenvalue weighted by Gasteiger charge is -2.33. The number of fused-ring (bicyclic) bond motifs is 3. The Labute approximate surface area is 203 Å². The number of nitrogens with zero attached hydrogens (tertiary/aromatic N) is 1. The highest BCUT2D eigenvalue weighted by Gasteiger charge is 2.67. The molecule has 0 aromatic heterocycles. The van der Waals surface area contributed by atoms with Gasteiger partial charge >= 0.3 is 0 Å². The normalized spacial score (nSPS) is 34.0. The van der Waals surface area contributed by atoms with E-state index in [1.54, 1.807) is 0 Å². The van der Waals surface area contributed by atoms with E-state index in [0.29, 0.717) is 29.8 Å². The van der Waals surface area contributed by atoms with Crippen molar-refractivity contribution in [2.75, 3.05) is 19.4 Å². The Kier molecular flexibility index (Phi) is 5.40. The average Bonchev–Trinajstić information content (AvgIpc) is 3.36. The molecule has 4 unspecified atom stereocenters. The van der Waals surface area contributed by atoms with Crippen LogP contribution < -0.4 is 16.2 Å². The van der Waals surface area contributed by atoms with Gasteiger partial charge in [-0.1, -0.05) is 54.1 Å². The van der Waals surface area contributed by atoms with Gasteiger partial charge in [-0.2, -0.15) is 0 Å². The second-order valence-electron chi connectivity index (χ2n) is 11.3. The molecule has 2 aliphatic heterocycles. The van der Waals surface area contributed by atoms with E-state index in [9.17, 15) is 4.79 Å². The Hall–Kier alpha value is -2.47. The molecule has 2 aliphatic carbocycles. The molecule has 1 saturated heterocycles. The van der Waals surface area contributed by atoms with Gasteiger partial charge in [-0.25, -0.2) is 0 Å². The average molecular weight is 457 g/mol. The fraction of sp³-hybridized carbons (Fsp3) is 0.483. The zero-order valence-electron chi connectivity index (χ0n) is 20.5. The van der Waals surface area contributed by atoms with Crippen LogP contribution in [-0.4, -0.2) is 37.0 Å². The number of hydrogen-bond acceptors (Lipinski definition) is 4. The van der Waals surface area contributed by atoms with Crippen molar-refractivity contribution in [3.63, 3.8) is 0 Å². The standard InChI is InChI=1S/C29H36N4O/c1-18-4-12-26-23(14-18)29(28(34)30-26)16-24(29)21-10-11-22-25(31-32-27(22)15-21)13-9-19-5-7-20(8-6-19)17-33(2)3/h4-9,12-14,21-22,24-25,27,31-32H,10-11,15-17H2,1-3H3,(H,30,34)/b13-9+/t21?,22?,24-,25?,27?,29-/m0/s1. The van der Waals surface area contributed by atoms with Crippen LogP contribution in [0.3, 0.4) is 0 Å². The predicted octanol–water partition coefficient (Wildman–Crippen LogP) is 4.24. The van der Waals surface area contributed by atoms with Crippen LogP contribution in [0.25, 0.3) is 6.08 Å². The maximum absolute atomic E-state index is 13.0. The van der Waals surface area contributed by atoms with Crippen LogP contribution in [0.15, 0.2) is 48.5 Å². The summed E-state index contributed by atoms with van der Waals surface area (Å²) in [5, 5.41) is 3.17. The lowest BCUT2D eigenvalue weighted by Crippen LogP contribution is -2.37. The van der Waals surface area contributed by atoms with Crippen molar-refractivity contribution in [1.29, 1.82) is 0 Å². The van der Waals surface area contributed by atoms with Gasteiger partial charge in [0, 0.05) is 24.3 Å². The van der Waals surface area contributed by atoms with Crippen molar-refractivity contribution in [3.05, 3.63) is 70.8 Å². The van der Waals surface area contributed by atoms with Gasteiger partial charge in [0.1, 0.15) is 0 Å². The van der Waals surface area contributed by atoms with E-state index in [4.69, 9.17) is 0 Å². The molecule has 178 valence electrons. The number of anilines is 1. The van der Waals surface area contributed by atoms with Crippen LogP contribution in [0.1, 0.15) is 47.9 Å². The Morgan fingerprint density at radius 1 is 1.09 bits per heavy atom. The maximum atomic E-state index is 13.0. The number of rotatable bonds is 5. The van der Waals surface area contributed by atoms with Crippen LogP contribution in [0.5, 0.6) is 0 Å². The van der Waals surface area contributed by atoms with E-state index in [1.807, 2.05) is 0 Å². The molecule has 0 bridgehead atoms. The highest BCUT2D eigenvalue weighted by Crippen LogP contribution is 2.65. The van der Waals surface area contributed by atoms with E-state index in [2.05, 4.69) is 96.7 Å². The van der Waals surface area contributed by atoms with Gasteiger partial charge in [0.2, 0.25) is 5.91 Å². The third-order valence-electron chi connectivity index (χ3n) is 8.71. The molecule has 2 heterocycles. The van der Waals surface area contributed by atoms with Gasteiger partial charge in [-0.15, -0.1) is 0 Å². The van der Waals surface area contributed by atoms with Crippen LogP contribution >= 0.6 is 0 Å². The monoisotopic (exact) mass is 456 g/mol. The van der Waals surface area contributed by atoms with E-state index < -0.39 is 0 Å². The third-order valence-corrected chi connectivity index (χ3v) is 8.71. The summed E-state index contributed by atoms with van der Waals surface area (Å²) in [6.07, 6.45) is 9.18.